The van der Waals surface area contributed by atoms with Gasteiger partial charge in [-0.3, -0.25) is 9.59 Å². The normalized spacial score (nSPS) is 21.7. The SMILES string of the molecule is COc1ccc2c(c1)N(C(=O)C1CCCC(=O)N1C)CCCC2. The highest BCUT2D eigenvalue weighted by molar-refractivity contribution is 6.00. The first-order valence-corrected chi connectivity index (χ1v) is 8.36. The van der Waals surface area contributed by atoms with Crippen molar-refractivity contribution in [1.29, 1.82) is 0 Å². The Balaban J connectivity index is 1.92. The quantitative estimate of drug-likeness (QED) is 0.842. The maximum Gasteiger partial charge on any atom is 0.249 e. The average molecular weight is 316 g/mol. The molecule has 5 heteroatoms. The van der Waals surface area contributed by atoms with E-state index in [1.165, 1.54) is 5.56 Å². The molecule has 3 rings (SSSR count). The molecule has 0 aromatic heterocycles. The number of aryl methyl sites for hydroxylation is 1. The molecule has 0 saturated carbocycles. The zero-order valence-corrected chi connectivity index (χ0v) is 13.9. The molecule has 1 saturated heterocycles. The summed E-state index contributed by atoms with van der Waals surface area (Å²) in [5.74, 6) is 0.865. The van der Waals surface area contributed by atoms with Crippen molar-refractivity contribution in [3.63, 3.8) is 0 Å². The third-order valence-corrected chi connectivity index (χ3v) is 4.94. The van der Waals surface area contributed by atoms with Crippen LogP contribution in [0.1, 0.15) is 37.7 Å². The first-order valence-electron chi connectivity index (χ1n) is 8.36. The summed E-state index contributed by atoms with van der Waals surface area (Å²) in [6, 6.07) is 5.61. The van der Waals surface area contributed by atoms with Crippen molar-refractivity contribution >= 4 is 17.5 Å². The highest BCUT2D eigenvalue weighted by Gasteiger charge is 2.35. The van der Waals surface area contributed by atoms with Crippen LogP contribution < -0.4 is 9.64 Å². The number of benzene rings is 1. The van der Waals surface area contributed by atoms with Crippen molar-refractivity contribution in [2.45, 2.75) is 44.6 Å². The maximum absolute atomic E-state index is 13.1. The van der Waals surface area contributed by atoms with Crippen LogP contribution in [0.5, 0.6) is 5.75 Å². The van der Waals surface area contributed by atoms with Gasteiger partial charge in [-0.1, -0.05) is 6.07 Å². The molecule has 124 valence electrons. The molecular weight excluding hydrogens is 292 g/mol. The van der Waals surface area contributed by atoms with E-state index in [0.717, 1.165) is 43.5 Å². The van der Waals surface area contributed by atoms with E-state index in [9.17, 15) is 9.59 Å². The van der Waals surface area contributed by atoms with E-state index >= 15 is 0 Å². The molecule has 0 radical (unpaired) electrons. The van der Waals surface area contributed by atoms with Crippen LogP contribution in [0.4, 0.5) is 5.69 Å². The summed E-state index contributed by atoms with van der Waals surface area (Å²) in [4.78, 5) is 28.5. The van der Waals surface area contributed by atoms with E-state index in [2.05, 4.69) is 6.07 Å². The summed E-state index contributed by atoms with van der Waals surface area (Å²) in [5, 5.41) is 0. The Bertz CT molecular complexity index is 614. The van der Waals surface area contributed by atoms with Crippen molar-refractivity contribution in [3.8, 4) is 5.75 Å². The second kappa shape index (κ2) is 6.60. The number of hydrogen-bond donors (Lipinski definition) is 0. The number of likely N-dealkylation sites (N-methyl/N-ethyl adjacent to an activating group) is 1. The number of methoxy groups -OCH3 is 1. The molecule has 2 aliphatic heterocycles. The number of likely N-dealkylation sites (tertiary alicyclic amines) is 1. The number of hydrogen-bond acceptors (Lipinski definition) is 3. The minimum atomic E-state index is -0.339. The van der Waals surface area contributed by atoms with Gasteiger partial charge in [-0.25, -0.2) is 0 Å². The first-order chi connectivity index (χ1) is 11.1. The summed E-state index contributed by atoms with van der Waals surface area (Å²) in [5.41, 5.74) is 2.12. The van der Waals surface area contributed by atoms with Crippen LogP contribution in [0, 0.1) is 0 Å². The number of amides is 2. The molecule has 1 aromatic carbocycles. The van der Waals surface area contributed by atoms with Crippen LogP contribution in [0.25, 0.3) is 0 Å². The fourth-order valence-corrected chi connectivity index (χ4v) is 3.53. The first kappa shape index (κ1) is 15.8. The summed E-state index contributed by atoms with van der Waals surface area (Å²) in [6.45, 7) is 0.706. The Labute approximate surface area is 137 Å². The minimum Gasteiger partial charge on any atom is -0.497 e. The zero-order valence-electron chi connectivity index (χ0n) is 13.9. The van der Waals surface area contributed by atoms with Crippen molar-refractivity contribution in [1.82, 2.24) is 4.90 Å². The molecule has 0 aliphatic carbocycles. The molecule has 2 heterocycles. The van der Waals surface area contributed by atoms with Crippen molar-refractivity contribution in [2.75, 3.05) is 25.6 Å². The summed E-state index contributed by atoms with van der Waals surface area (Å²) in [6.07, 6.45) is 5.11. The topological polar surface area (TPSA) is 49.9 Å². The van der Waals surface area contributed by atoms with Crippen molar-refractivity contribution in [3.05, 3.63) is 23.8 Å². The second-order valence-electron chi connectivity index (χ2n) is 6.35. The van der Waals surface area contributed by atoms with Gasteiger partial charge in [-0.05, 0) is 43.7 Å². The Morgan fingerprint density at radius 1 is 1.22 bits per heavy atom. The highest BCUT2D eigenvalue weighted by atomic mass is 16.5. The monoisotopic (exact) mass is 316 g/mol. The lowest BCUT2D eigenvalue weighted by Gasteiger charge is -2.35. The van der Waals surface area contributed by atoms with Crippen LogP contribution in [0.3, 0.4) is 0 Å². The lowest BCUT2D eigenvalue weighted by molar-refractivity contribution is -0.140. The standard InChI is InChI=1S/C18H24N2O3/c1-19-15(7-5-8-17(19)21)18(22)20-11-4-3-6-13-9-10-14(23-2)12-16(13)20/h9-10,12,15H,3-8,11H2,1-2H3. The number of ether oxygens (including phenoxy) is 1. The Hall–Kier alpha value is -2.04. The van der Waals surface area contributed by atoms with Crippen LogP contribution >= 0.6 is 0 Å². The van der Waals surface area contributed by atoms with E-state index in [1.54, 1.807) is 19.1 Å². The molecule has 1 aromatic rings. The largest absolute Gasteiger partial charge is 0.497 e. The van der Waals surface area contributed by atoms with Gasteiger partial charge in [0, 0.05) is 26.1 Å². The molecule has 5 nitrogen and oxygen atoms in total. The molecule has 1 fully saturated rings. The fourth-order valence-electron chi connectivity index (χ4n) is 3.53. The van der Waals surface area contributed by atoms with Crippen molar-refractivity contribution in [2.24, 2.45) is 0 Å². The van der Waals surface area contributed by atoms with E-state index in [4.69, 9.17) is 4.74 Å². The number of carbonyl (C=O) groups excluding carboxylic acids is 2. The number of rotatable bonds is 2. The lowest BCUT2D eigenvalue weighted by atomic mass is 10.0. The predicted octanol–water partition coefficient (Wildman–Crippen LogP) is 2.38. The maximum atomic E-state index is 13.1. The van der Waals surface area contributed by atoms with Gasteiger partial charge in [0.15, 0.2) is 0 Å². The predicted molar refractivity (Wildman–Crippen MR) is 88.7 cm³/mol. The highest BCUT2D eigenvalue weighted by Crippen LogP contribution is 2.32. The number of anilines is 1. The molecule has 0 N–H and O–H groups in total. The van der Waals surface area contributed by atoms with Crippen molar-refractivity contribution < 1.29 is 14.3 Å². The molecule has 2 amide bonds. The lowest BCUT2D eigenvalue weighted by Crippen LogP contribution is -2.51. The second-order valence-corrected chi connectivity index (χ2v) is 6.35. The Kier molecular flexibility index (Phi) is 4.55. The molecule has 23 heavy (non-hydrogen) atoms. The van der Waals surface area contributed by atoms with Gasteiger partial charge in [-0.15, -0.1) is 0 Å². The van der Waals surface area contributed by atoms with Gasteiger partial charge >= 0.3 is 0 Å². The number of fused-ring (bicyclic) bond motifs is 1. The van der Waals surface area contributed by atoms with E-state index in [1.807, 2.05) is 17.0 Å². The van der Waals surface area contributed by atoms with Gasteiger partial charge in [0.2, 0.25) is 11.8 Å². The van der Waals surface area contributed by atoms with Gasteiger partial charge in [0.05, 0.1) is 12.8 Å². The summed E-state index contributed by atoms with van der Waals surface area (Å²) >= 11 is 0. The molecule has 1 atom stereocenters. The third kappa shape index (κ3) is 3.05. The average Bonchev–Trinajstić information content (AvgIpc) is 2.78. The number of piperidine rings is 1. The molecule has 2 aliphatic rings. The van der Waals surface area contributed by atoms with Gasteiger partial charge in [0.1, 0.15) is 11.8 Å². The molecule has 1 unspecified atom stereocenters. The van der Waals surface area contributed by atoms with Crippen LogP contribution in [0.2, 0.25) is 0 Å². The van der Waals surface area contributed by atoms with E-state index < -0.39 is 0 Å². The Morgan fingerprint density at radius 2 is 2.04 bits per heavy atom. The summed E-state index contributed by atoms with van der Waals surface area (Å²) in [7, 11) is 3.38. The molecular formula is C18H24N2O3. The van der Waals surface area contributed by atoms with Crippen LogP contribution in [-0.4, -0.2) is 43.5 Å². The number of carbonyl (C=O) groups is 2. The molecule has 0 bridgehead atoms. The zero-order chi connectivity index (χ0) is 16.4. The van der Waals surface area contributed by atoms with Crippen LogP contribution in [-0.2, 0) is 16.0 Å². The third-order valence-electron chi connectivity index (χ3n) is 4.94. The Morgan fingerprint density at radius 3 is 2.83 bits per heavy atom. The van der Waals surface area contributed by atoms with Gasteiger partial charge in [-0.2, -0.15) is 0 Å². The fraction of sp³-hybridized carbons (Fsp3) is 0.556. The number of nitrogens with zero attached hydrogens (tertiary/aromatic N) is 2. The smallest absolute Gasteiger partial charge is 0.249 e. The van der Waals surface area contributed by atoms with E-state index in [-0.39, 0.29) is 17.9 Å². The van der Waals surface area contributed by atoms with Crippen LogP contribution in [0.15, 0.2) is 18.2 Å². The summed E-state index contributed by atoms with van der Waals surface area (Å²) < 4.78 is 5.33. The minimum absolute atomic E-state index is 0.0388. The van der Waals surface area contributed by atoms with Gasteiger partial charge < -0.3 is 14.5 Å². The van der Waals surface area contributed by atoms with E-state index in [0.29, 0.717) is 13.0 Å². The van der Waals surface area contributed by atoms with Gasteiger partial charge in [0.25, 0.3) is 0 Å². The molecule has 0 spiro atoms.